The summed E-state index contributed by atoms with van der Waals surface area (Å²) < 4.78 is 13.9. The lowest BCUT2D eigenvalue weighted by molar-refractivity contribution is 0.412. The number of hydrogen-bond acceptors (Lipinski definition) is 6. The maximum Gasteiger partial charge on any atom is 0.154 e. The van der Waals surface area contributed by atoms with Gasteiger partial charge in [-0.15, -0.1) is 16.4 Å². The number of anilines is 2. The van der Waals surface area contributed by atoms with Crippen molar-refractivity contribution in [3.8, 4) is 22.1 Å². The predicted molar refractivity (Wildman–Crippen MR) is 121 cm³/mol. The standard InChI is InChI=1S/C23H20N4O2S/c1-14-7-8-16(12-19(14)29-3)25-21-9-10-22-24-13-17(27(22)26-21)20-11-15-5-4-6-18(28-2)23(15)30-20/h4-13H,1-3H3,(H,25,26). The van der Waals surface area contributed by atoms with Crippen molar-refractivity contribution in [2.24, 2.45) is 0 Å². The van der Waals surface area contributed by atoms with Gasteiger partial charge in [0, 0.05) is 11.8 Å². The van der Waals surface area contributed by atoms with Crippen LogP contribution >= 0.6 is 11.3 Å². The van der Waals surface area contributed by atoms with E-state index in [9.17, 15) is 0 Å². The second-order valence-corrected chi connectivity index (χ2v) is 7.98. The fourth-order valence-corrected chi connectivity index (χ4v) is 4.62. The topological polar surface area (TPSA) is 60.7 Å². The highest BCUT2D eigenvalue weighted by Crippen LogP contribution is 2.38. The second kappa shape index (κ2) is 7.35. The third-order valence-corrected chi connectivity index (χ3v) is 6.21. The second-order valence-electron chi connectivity index (χ2n) is 6.93. The summed E-state index contributed by atoms with van der Waals surface area (Å²) in [4.78, 5) is 5.61. The number of rotatable bonds is 5. The zero-order valence-corrected chi connectivity index (χ0v) is 17.7. The van der Waals surface area contributed by atoms with Crippen molar-refractivity contribution in [2.75, 3.05) is 19.5 Å². The highest BCUT2D eigenvalue weighted by atomic mass is 32.1. The van der Waals surface area contributed by atoms with Crippen LogP contribution in [0, 0.1) is 6.92 Å². The van der Waals surface area contributed by atoms with E-state index in [1.54, 1.807) is 25.6 Å². The molecule has 1 N–H and O–H groups in total. The monoisotopic (exact) mass is 416 g/mol. The van der Waals surface area contributed by atoms with Crippen LogP contribution in [0.4, 0.5) is 11.5 Å². The smallest absolute Gasteiger partial charge is 0.154 e. The van der Waals surface area contributed by atoms with Crippen LogP contribution in [0.5, 0.6) is 11.5 Å². The molecule has 0 unspecified atom stereocenters. The zero-order valence-electron chi connectivity index (χ0n) is 16.8. The van der Waals surface area contributed by atoms with Gasteiger partial charge in [-0.3, -0.25) is 0 Å². The maximum absolute atomic E-state index is 5.51. The Hall–Kier alpha value is -3.58. The Bertz CT molecular complexity index is 1370. The van der Waals surface area contributed by atoms with Crippen molar-refractivity contribution < 1.29 is 9.47 Å². The van der Waals surface area contributed by atoms with Crippen LogP contribution in [0.1, 0.15) is 5.56 Å². The molecule has 150 valence electrons. The summed E-state index contributed by atoms with van der Waals surface area (Å²) >= 11 is 1.67. The first-order valence-electron chi connectivity index (χ1n) is 9.49. The number of imidazole rings is 1. The number of aryl methyl sites for hydroxylation is 1. The molecule has 0 amide bonds. The van der Waals surface area contributed by atoms with Gasteiger partial charge < -0.3 is 14.8 Å². The Labute approximate surface area is 177 Å². The molecule has 6 nitrogen and oxygen atoms in total. The highest BCUT2D eigenvalue weighted by molar-refractivity contribution is 7.22. The Balaban J connectivity index is 1.55. The molecule has 0 atom stereocenters. The average molecular weight is 417 g/mol. The van der Waals surface area contributed by atoms with E-state index < -0.39 is 0 Å². The van der Waals surface area contributed by atoms with Crippen molar-refractivity contribution in [1.29, 1.82) is 0 Å². The molecular weight excluding hydrogens is 396 g/mol. The largest absolute Gasteiger partial charge is 0.496 e. The van der Waals surface area contributed by atoms with Gasteiger partial charge in [0.2, 0.25) is 0 Å². The number of methoxy groups -OCH3 is 2. The zero-order chi connectivity index (χ0) is 20.7. The molecule has 0 bridgehead atoms. The van der Waals surface area contributed by atoms with E-state index in [4.69, 9.17) is 14.6 Å². The van der Waals surface area contributed by atoms with E-state index in [1.807, 2.05) is 60.1 Å². The van der Waals surface area contributed by atoms with E-state index in [-0.39, 0.29) is 0 Å². The average Bonchev–Trinajstić information content (AvgIpc) is 3.38. The molecule has 0 aliphatic carbocycles. The molecule has 0 spiro atoms. The van der Waals surface area contributed by atoms with Gasteiger partial charge in [0.25, 0.3) is 0 Å². The number of aromatic nitrogens is 3. The number of hydrogen-bond donors (Lipinski definition) is 1. The van der Waals surface area contributed by atoms with Crippen LogP contribution < -0.4 is 14.8 Å². The molecule has 0 aliphatic heterocycles. The normalized spacial score (nSPS) is 11.2. The predicted octanol–water partition coefficient (Wildman–Crippen LogP) is 5.68. The van der Waals surface area contributed by atoms with Crippen LogP contribution in [-0.4, -0.2) is 28.8 Å². The lowest BCUT2D eigenvalue weighted by atomic mass is 10.2. The number of nitrogens with one attached hydrogen (secondary N) is 1. The molecule has 3 heterocycles. The number of benzene rings is 2. The Kier molecular flexibility index (Phi) is 4.52. The van der Waals surface area contributed by atoms with Gasteiger partial charge in [0.1, 0.15) is 17.2 Å². The third-order valence-electron chi connectivity index (χ3n) is 5.02. The first-order chi connectivity index (χ1) is 14.7. The fourth-order valence-electron chi connectivity index (χ4n) is 3.48. The molecule has 7 heteroatoms. The fraction of sp³-hybridized carbons (Fsp3) is 0.130. The first kappa shape index (κ1) is 18.4. The summed E-state index contributed by atoms with van der Waals surface area (Å²) in [5.74, 6) is 2.44. The van der Waals surface area contributed by atoms with Crippen LogP contribution in [-0.2, 0) is 0 Å². The molecule has 0 radical (unpaired) electrons. The Morgan fingerprint density at radius 2 is 1.83 bits per heavy atom. The number of fused-ring (bicyclic) bond motifs is 2. The van der Waals surface area contributed by atoms with Crippen molar-refractivity contribution in [1.82, 2.24) is 14.6 Å². The van der Waals surface area contributed by atoms with Gasteiger partial charge >= 0.3 is 0 Å². The van der Waals surface area contributed by atoms with Crippen LogP contribution in [0.25, 0.3) is 26.3 Å². The molecule has 5 aromatic rings. The SMILES string of the molecule is COc1cc(Nc2ccc3ncc(-c4cc5cccc(OC)c5s4)n3n2)ccc1C. The minimum atomic E-state index is 0.728. The van der Waals surface area contributed by atoms with E-state index >= 15 is 0 Å². The summed E-state index contributed by atoms with van der Waals surface area (Å²) in [5.41, 5.74) is 3.74. The number of thiophene rings is 1. The summed E-state index contributed by atoms with van der Waals surface area (Å²) in [6, 6.07) is 18.1. The highest BCUT2D eigenvalue weighted by Gasteiger charge is 2.13. The van der Waals surface area contributed by atoms with Gasteiger partial charge in [-0.05, 0) is 48.2 Å². The lowest BCUT2D eigenvalue weighted by Crippen LogP contribution is -2.00. The molecule has 0 aliphatic rings. The summed E-state index contributed by atoms with van der Waals surface area (Å²) in [5, 5.41) is 9.27. The quantitative estimate of drug-likeness (QED) is 0.399. The van der Waals surface area contributed by atoms with E-state index in [0.29, 0.717) is 0 Å². The number of ether oxygens (including phenoxy) is 2. The van der Waals surface area contributed by atoms with Gasteiger partial charge in [-0.25, -0.2) is 9.50 Å². The van der Waals surface area contributed by atoms with Crippen LogP contribution in [0.3, 0.4) is 0 Å². The number of nitrogens with zero attached hydrogens (tertiary/aromatic N) is 3. The molecule has 30 heavy (non-hydrogen) atoms. The molecule has 0 fully saturated rings. The van der Waals surface area contributed by atoms with E-state index in [1.165, 1.54) is 0 Å². The van der Waals surface area contributed by atoms with Crippen LogP contribution in [0.2, 0.25) is 0 Å². The van der Waals surface area contributed by atoms with Crippen molar-refractivity contribution >= 4 is 38.6 Å². The third kappa shape index (κ3) is 3.13. The molecule has 5 rings (SSSR count). The first-order valence-corrected chi connectivity index (χ1v) is 10.3. The van der Waals surface area contributed by atoms with E-state index in [0.717, 1.165) is 54.9 Å². The van der Waals surface area contributed by atoms with Crippen molar-refractivity contribution in [3.05, 3.63) is 66.4 Å². The van der Waals surface area contributed by atoms with Crippen LogP contribution in [0.15, 0.2) is 60.8 Å². The van der Waals surface area contributed by atoms with E-state index in [2.05, 4.69) is 22.4 Å². The molecule has 2 aromatic carbocycles. The van der Waals surface area contributed by atoms with Gasteiger partial charge in [0.05, 0.1) is 30.0 Å². The molecular formula is C23H20N4O2S. The van der Waals surface area contributed by atoms with Gasteiger partial charge in [-0.1, -0.05) is 18.2 Å². The van der Waals surface area contributed by atoms with Gasteiger partial charge in [0.15, 0.2) is 11.5 Å². The maximum atomic E-state index is 5.51. The Morgan fingerprint density at radius 1 is 0.967 bits per heavy atom. The van der Waals surface area contributed by atoms with Crippen molar-refractivity contribution in [3.63, 3.8) is 0 Å². The van der Waals surface area contributed by atoms with Gasteiger partial charge in [-0.2, -0.15) is 0 Å². The summed E-state index contributed by atoms with van der Waals surface area (Å²) in [6.45, 7) is 2.02. The summed E-state index contributed by atoms with van der Waals surface area (Å²) in [6.07, 6.45) is 1.86. The molecule has 3 aromatic heterocycles. The Morgan fingerprint density at radius 3 is 2.67 bits per heavy atom. The molecule has 0 saturated heterocycles. The summed E-state index contributed by atoms with van der Waals surface area (Å²) in [7, 11) is 3.37. The minimum Gasteiger partial charge on any atom is -0.496 e. The lowest BCUT2D eigenvalue weighted by Gasteiger charge is -2.10. The molecule has 0 saturated carbocycles. The minimum absolute atomic E-state index is 0.728. The van der Waals surface area contributed by atoms with Crippen molar-refractivity contribution in [2.45, 2.75) is 6.92 Å².